The van der Waals surface area contributed by atoms with E-state index in [4.69, 9.17) is 16.3 Å². The van der Waals surface area contributed by atoms with Crippen LogP contribution < -0.4 is 15.4 Å². The number of carbonyl (C=O) groups is 2. The first-order valence-corrected chi connectivity index (χ1v) is 7.35. The van der Waals surface area contributed by atoms with Crippen molar-refractivity contribution in [2.45, 2.75) is 13.5 Å². The van der Waals surface area contributed by atoms with Crippen molar-refractivity contribution in [3.63, 3.8) is 0 Å². The van der Waals surface area contributed by atoms with Gasteiger partial charge in [0.05, 0.1) is 12.1 Å². The normalized spacial score (nSPS) is 10.0. The highest BCUT2D eigenvalue weighted by Crippen LogP contribution is 2.27. The van der Waals surface area contributed by atoms with Crippen LogP contribution in [-0.4, -0.2) is 18.9 Å². The molecule has 0 aromatic heterocycles. The fourth-order valence-corrected chi connectivity index (χ4v) is 2.16. The van der Waals surface area contributed by atoms with Crippen LogP contribution in [0.4, 0.5) is 5.69 Å². The number of aryl methyl sites for hydroxylation is 1. The summed E-state index contributed by atoms with van der Waals surface area (Å²) in [5.41, 5.74) is 2.48. The van der Waals surface area contributed by atoms with Gasteiger partial charge in [0, 0.05) is 12.2 Å². The summed E-state index contributed by atoms with van der Waals surface area (Å²) >= 11 is 5.97. The first-order valence-electron chi connectivity index (χ1n) is 6.98. The third kappa shape index (κ3) is 4.72. The van der Waals surface area contributed by atoms with Crippen LogP contribution in [0.15, 0.2) is 42.5 Å². The minimum Gasteiger partial charge on any atom is -0.495 e. The van der Waals surface area contributed by atoms with Crippen LogP contribution >= 0.6 is 11.6 Å². The third-order valence-corrected chi connectivity index (χ3v) is 3.48. The topological polar surface area (TPSA) is 67.4 Å². The third-order valence-electron chi connectivity index (χ3n) is 3.19. The van der Waals surface area contributed by atoms with E-state index in [-0.39, 0.29) is 6.54 Å². The highest BCUT2D eigenvalue weighted by Gasteiger charge is 2.14. The molecule has 2 aromatic rings. The van der Waals surface area contributed by atoms with E-state index in [1.54, 1.807) is 12.1 Å². The SMILES string of the molecule is COc1ccc(NC(=O)C(=O)NCc2ccc(C)cc2)cc1Cl. The van der Waals surface area contributed by atoms with Crippen LogP contribution in [0.5, 0.6) is 5.75 Å². The number of rotatable bonds is 4. The highest BCUT2D eigenvalue weighted by atomic mass is 35.5. The number of methoxy groups -OCH3 is 1. The maximum Gasteiger partial charge on any atom is 0.313 e. The molecule has 0 spiro atoms. The molecular formula is C17H17ClN2O3. The van der Waals surface area contributed by atoms with Crippen molar-refractivity contribution in [1.29, 1.82) is 0 Å². The molecule has 2 amide bonds. The second-order valence-electron chi connectivity index (χ2n) is 4.97. The lowest BCUT2D eigenvalue weighted by molar-refractivity contribution is -0.136. The monoisotopic (exact) mass is 332 g/mol. The van der Waals surface area contributed by atoms with Crippen LogP contribution in [-0.2, 0) is 16.1 Å². The van der Waals surface area contributed by atoms with Gasteiger partial charge in [0.1, 0.15) is 5.75 Å². The molecule has 0 fully saturated rings. The number of halogens is 1. The molecule has 0 radical (unpaired) electrons. The summed E-state index contributed by atoms with van der Waals surface area (Å²) in [7, 11) is 1.50. The number of nitrogens with one attached hydrogen (secondary N) is 2. The molecule has 2 rings (SSSR count). The lowest BCUT2D eigenvalue weighted by Crippen LogP contribution is -2.34. The van der Waals surface area contributed by atoms with Gasteiger partial charge in [-0.1, -0.05) is 41.4 Å². The predicted octanol–water partition coefficient (Wildman–Crippen LogP) is 2.91. The fourth-order valence-electron chi connectivity index (χ4n) is 1.90. The molecule has 0 saturated carbocycles. The Bertz CT molecular complexity index is 714. The van der Waals surface area contributed by atoms with Gasteiger partial charge in [-0.3, -0.25) is 9.59 Å². The Labute approximate surface area is 139 Å². The van der Waals surface area contributed by atoms with Crippen LogP contribution in [0.25, 0.3) is 0 Å². The molecule has 0 aliphatic carbocycles. The van der Waals surface area contributed by atoms with Crippen molar-refractivity contribution in [2.75, 3.05) is 12.4 Å². The van der Waals surface area contributed by atoms with Crippen molar-refractivity contribution in [2.24, 2.45) is 0 Å². The largest absolute Gasteiger partial charge is 0.495 e. The molecule has 6 heteroatoms. The van der Waals surface area contributed by atoms with Gasteiger partial charge in [-0.05, 0) is 30.7 Å². The quantitative estimate of drug-likeness (QED) is 0.846. The molecule has 5 nitrogen and oxygen atoms in total. The Morgan fingerprint density at radius 1 is 1.09 bits per heavy atom. The molecule has 0 unspecified atom stereocenters. The average molecular weight is 333 g/mol. The van der Waals surface area contributed by atoms with E-state index in [9.17, 15) is 9.59 Å². The number of amides is 2. The Hall–Kier alpha value is -2.53. The Morgan fingerprint density at radius 2 is 1.78 bits per heavy atom. The number of ether oxygens (including phenoxy) is 1. The first kappa shape index (κ1) is 16.8. The summed E-state index contributed by atoms with van der Waals surface area (Å²) in [6, 6.07) is 12.4. The maximum absolute atomic E-state index is 11.9. The summed E-state index contributed by atoms with van der Waals surface area (Å²) in [5, 5.41) is 5.41. The fraction of sp³-hybridized carbons (Fsp3) is 0.176. The predicted molar refractivity (Wildman–Crippen MR) is 89.7 cm³/mol. The van der Waals surface area contributed by atoms with Crippen molar-refractivity contribution >= 4 is 29.1 Å². The van der Waals surface area contributed by atoms with E-state index in [2.05, 4.69) is 10.6 Å². The molecule has 2 N–H and O–H groups in total. The van der Waals surface area contributed by atoms with Gasteiger partial charge in [0.15, 0.2) is 0 Å². The van der Waals surface area contributed by atoms with Gasteiger partial charge in [0.25, 0.3) is 0 Å². The zero-order chi connectivity index (χ0) is 16.8. The van der Waals surface area contributed by atoms with Crippen LogP contribution in [0.2, 0.25) is 5.02 Å². The summed E-state index contributed by atoms with van der Waals surface area (Å²) in [6.07, 6.45) is 0. The zero-order valence-corrected chi connectivity index (χ0v) is 13.6. The van der Waals surface area contributed by atoms with Crippen LogP contribution in [0.1, 0.15) is 11.1 Å². The standard InChI is InChI=1S/C17H17ClN2O3/c1-11-3-5-12(6-4-11)10-19-16(21)17(22)20-13-7-8-15(23-2)14(18)9-13/h3-9H,10H2,1-2H3,(H,19,21)(H,20,22). The maximum atomic E-state index is 11.9. The number of anilines is 1. The van der Waals surface area contributed by atoms with Gasteiger partial charge in [-0.25, -0.2) is 0 Å². The first-order chi connectivity index (χ1) is 11.0. The van der Waals surface area contributed by atoms with Gasteiger partial charge in [0.2, 0.25) is 0 Å². The van der Waals surface area contributed by atoms with Crippen molar-refractivity contribution in [3.8, 4) is 5.75 Å². The van der Waals surface area contributed by atoms with E-state index in [0.717, 1.165) is 11.1 Å². The Morgan fingerprint density at radius 3 is 2.39 bits per heavy atom. The van der Waals surface area contributed by atoms with Gasteiger partial charge in [-0.2, -0.15) is 0 Å². The van der Waals surface area contributed by atoms with Crippen molar-refractivity contribution < 1.29 is 14.3 Å². The van der Waals surface area contributed by atoms with Gasteiger partial charge < -0.3 is 15.4 Å². The zero-order valence-electron chi connectivity index (χ0n) is 12.9. The summed E-state index contributed by atoms with van der Waals surface area (Å²) in [4.78, 5) is 23.7. The minimum atomic E-state index is -0.752. The smallest absolute Gasteiger partial charge is 0.313 e. The van der Waals surface area contributed by atoms with Gasteiger partial charge >= 0.3 is 11.8 Å². The van der Waals surface area contributed by atoms with Crippen LogP contribution in [0, 0.1) is 6.92 Å². The molecule has 0 saturated heterocycles. The second kappa shape index (κ2) is 7.65. The Balaban J connectivity index is 1.91. The lowest BCUT2D eigenvalue weighted by atomic mass is 10.1. The molecular weight excluding hydrogens is 316 g/mol. The van der Waals surface area contributed by atoms with E-state index in [1.807, 2.05) is 31.2 Å². The summed E-state index contributed by atoms with van der Waals surface area (Å²) in [5.74, 6) is -0.968. The molecule has 0 heterocycles. The molecule has 0 aliphatic heterocycles. The minimum absolute atomic E-state index is 0.288. The highest BCUT2D eigenvalue weighted by molar-refractivity contribution is 6.39. The number of benzene rings is 2. The number of carbonyl (C=O) groups excluding carboxylic acids is 2. The number of hydrogen-bond acceptors (Lipinski definition) is 3. The van der Waals surface area contributed by atoms with E-state index in [1.165, 1.54) is 13.2 Å². The average Bonchev–Trinajstić information content (AvgIpc) is 2.54. The van der Waals surface area contributed by atoms with E-state index in [0.29, 0.717) is 16.5 Å². The molecule has 2 aromatic carbocycles. The summed E-state index contributed by atoms with van der Waals surface area (Å²) in [6.45, 7) is 2.27. The van der Waals surface area contributed by atoms with Crippen LogP contribution in [0.3, 0.4) is 0 Å². The molecule has 0 aliphatic rings. The lowest BCUT2D eigenvalue weighted by Gasteiger charge is -2.08. The van der Waals surface area contributed by atoms with E-state index < -0.39 is 11.8 Å². The molecule has 0 bridgehead atoms. The molecule has 120 valence electrons. The molecule has 0 atom stereocenters. The number of hydrogen-bond donors (Lipinski definition) is 2. The van der Waals surface area contributed by atoms with Crippen molar-refractivity contribution in [3.05, 3.63) is 58.6 Å². The van der Waals surface area contributed by atoms with E-state index >= 15 is 0 Å². The molecule has 23 heavy (non-hydrogen) atoms. The Kier molecular flexibility index (Phi) is 5.60. The second-order valence-corrected chi connectivity index (χ2v) is 5.38. The van der Waals surface area contributed by atoms with Gasteiger partial charge in [-0.15, -0.1) is 0 Å². The van der Waals surface area contributed by atoms with Crippen molar-refractivity contribution in [1.82, 2.24) is 5.32 Å². The summed E-state index contributed by atoms with van der Waals surface area (Å²) < 4.78 is 5.02.